The van der Waals surface area contributed by atoms with E-state index in [4.69, 9.17) is 14.5 Å². The normalized spacial score (nSPS) is 18.4. The van der Waals surface area contributed by atoms with E-state index in [0.29, 0.717) is 60.7 Å². The van der Waals surface area contributed by atoms with Crippen LogP contribution in [-0.2, 0) is 17.8 Å². The monoisotopic (exact) mass is 548 g/mol. The summed E-state index contributed by atoms with van der Waals surface area (Å²) in [4.78, 5) is 33.5. The number of thioether (sulfide) groups is 1. The van der Waals surface area contributed by atoms with Crippen LogP contribution in [-0.4, -0.2) is 63.1 Å². The minimum atomic E-state index is -0.214. The van der Waals surface area contributed by atoms with Gasteiger partial charge in [0, 0.05) is 37.7 Å². The van der Waals surface area contributed by atoms with Crippen LogP contribution in [0.1, 0.15) is 36.9 Å². The highest BCUT2D eigenvalue weighted by Gasteiger charge is 2.29. The van der Waals surface area contributed by atoms with Gasteiger partial charge in [0.15, 0.2) is 16.7 Å². The summed E-state index contributed by atoms with van der Waals surface area (Å²) in [6.45, 7) is 2.28. The minimum Gasteiger partial charge on any atom is -0.506 e. The van der Waals surface area contributed by atoms with Crippen molar-refractivity contribution >= 4 is 17.7 Å². The highest BCUT2D eigenvalue weighted by Crippen LogP contribution is 2.37. The molecule has 2 N–H and O–H groups in total. The molecule has 204 valence electrons. The van der Waals surface area contributed by atoms with Crippen molar-refractivity contribution in [1.29, 1.82) is 0 Å². The molecule has 0 bridgehead atoms. The van der Waals surface area contributed by atoms with Gasteiger partial charge in [-0.1, -0.05) is 42.4 Å². The van der Waals surface area contributed by atoms with Crippen molar-refractivity contribution in [2.24, 2.45) is 0 Å². The number of hydrogen-bond donors (Lipinski definition) is 2. The maximum atomic E-state index is 13.8. The van der Waals surface area contributed by atoms with Crippen molar-refractivity contribution in [3.8, 4) is 22.9 Å². The SMILES string of the molecule is O=C(CCNCC1COc2ccccc2O1)N1CCc2nc(SC3CCC3)n(-c3ccccc3O)c(=O)c2C1. The molecule has 9 nitrogen and oxygen atoms in total. The molecular weight excluding hydrogens is 516 g/mol. The fraction of sp³-hybridized carbons (Fsp3) is 0.414. The molecule has 0 saturated heterocycles. The van der Waals surface area contributed by atoms with E-state index in [1.165, 1.54) is 11.0 Å². The number of aromatic nitrogens is 2. The van der Waals surface area contributed by atoms with Crippen LogP contribution in [0.4, 0.5) is 0 Å². The standard InChI is InChI=1S/C29H32N4O5S/c34-24-9-2-1-8-23(24)33-28(36)21-17-32(15-13-22(21)31-29(33)39-20-6-5-7-20)27(35)12-14-30-16-19-18-37-25-10-3-4-11-26(25)38-19/h1-4,8-11,19-20,30,34H,5-7,12-18H2. The van der Waals surface area contributed by atoms with Crippen molar-refractivity contribution < 1.29 is 19.4 Å². The number of nitrogens with zero attached hydrogens (tertiary/aromatic N) is 3. The van der Waals surface area contributed by atoms with Gasteiger partial charge in [-0.25, -0.2) is 4.98 Å². The maximum Gasteiger partial charge on any atom is 0.264 e. The number of fused-ring (bicyclic) bond motifs is 2. The lowest BCUT2D eigenvalue weighted by molar-refractivity contribution is -0.132. The van der Waals surface area contributed by atoms with E-state index in [2.05, 4.69) is 5.32 Å². The number of carbonyl (C=O) groups excluding carboxylic acids is 1. The quantitative estimate of drug-likeness (QED) is 0.326. The topological polar surface area (TPSA) is 106 Å². The van der Waals surface area contributed by atoms with E-state index >= 15 is 0 Å². The minimum absolute atomic E-state index is 0.0132. The third kappa shape index (κ3) is 5.49. The number of phenolic OH excluding ortho intramolecular Hbond substituents is 1. The first-order chi connectivity index (χ1) is 19.1. The molecule has 1 fully saturated rings. The van der Waals surface area contributed by atoms with Crippen molar-refractivity contribution in [3.05, 3.63) is 70.1 Å². The number of amides is 1. The molecule has 1 saturated carbocycles. The van der Waals surface area contributed by atoms with Crippen LogP contribution >= 0.6 is 11.8 Å². The molecule has 3 aliphatic rings. The van der Waals surface area contributed by atoms with Gasteiger partial charge in [-0.05, 0) is 37.1 Å². The summed E-state index contributed by atoms with van der Waals surface area (Å²) in [5.74, 6) is 1.50. The zero-order chi connectivity index (χ0) is 26.8. The zero-order valence-electron chi connectivity index (χ0n) is 21.7. The molecule has 6 rings (SSSR count). The van der Waals surface area contributed by atoms with Crippen molar-refractivity contribution in [2.45, 2.75) is 55.2 Å². The fourth-order valence-corrected chi connectivity index (χ4v) is 6.35. The van der Waals surface area contributed by atoms with E-state index < -0.39 is 0 Å². The van der Waals surface area contributed by atoms with Crippen molar-refractivity contribution in [2.75, 3.05) is 26.2 Å². The van der Waals surface area contributed by atoms with E-state index in [1.807, 2.05) is 24.3 Å². The van der Waals surface area contributed by atoms with E-state index in [-0.39, 0.29) is 29.9 Å². The first-order valence-corrected chi connectivity index (χ1v) is 14.4. The molecule has 1 unspecified atom stereocenters. The number of rotatable bonds is 8. The number of hydrogen-bond acceptors (Lipinski definition) is 8. The van der Waals surface area contributed by atoms with Gasteiger partial charge in [0.1, 0.15) is 18.5 Å². The summed E-state index contributed by atoms with van der Waals surface area (Å²) in [6, 6.07) is 14.4. The Hall–Kier alpha value is -3.50. The molecule has 1 aromatic heterocycles. The summed E-state index contributed by atoms with van der Waals surface area (Å²) < 4.78 is 13.2. The predicted molar refractivity (Wildman–Crippen MR) is 148 cm³/mol. The molecule has 1 aliphatic carbocycles. The smallest absolute Gasteiger partial charge is 0.264 e. The first-order valence-electron chi connectivity index (χ1n) is 13.5. The summed E-state index contributed by atoms with van der Waals surface area (Å²) in [5, 5.41) is 14.9. The molecule has 3 aromatic rings. The Morgan fingerprint density at radius 1 is 1.13 bits per heavy atom. The lowest BCUT2D eigenvalue weighted by Crippen LogP contribution is -2.43. The molecule has 39 heavy (non-hydrogen) atoms. The number of carbonyl (C=O) groups is 1. The largest absolute Gasteiger partial charge is 0.506 e. The van der Waals surface area contributed by atoms with E-state index in [1.54, 1.807) is 40.9 Å². The Labute approximate surface area is 231 Å². The third-order valence-electron chi connectivity index (χ3n) is 7.45. The lowest BCUT2D eigenvalue weighted by atomic mass is 10.0. The summed E-state index contributed by atoms with van der Waals surface area (Å²) >= 11 is 1.61. The van der Waals surface area contributed by atoms with Gasteiger partial charge in [-0.3, -0.25) is 14.2 Å². The van der Waals surface area contributed by atoms with Gasteiger partial charge >= 0.3 is 0 Å². The van der Waals surface area contributed by atoms with Gasteiger partial charge in [-0.2, -0.15) is 0 Å². The van der Waals surface area contributed by atoms with Crippen LogP contribution in [0, 0.1) is 0 Å². The maximum absolute atomic E-state index is 13.8. The van der Waals surface area contributed by atoms with Crippen molar-refractivity contribution in [3.63, 3.8) is 0 Å². The second-order valence-corrected chi connectivity index (χ2v) is 11.4. The van der Waals surface area contributed by atoms with Gasteiger partial charge in [0.2, 0.25) is 5.91 Å². The van der Waals surface area contributed by atoms with Gasteiger partial charge in [0.05, 0.1) is 23.5 Å². The fourth-order valence-electron chi connectivity index (χ4n) is 5.03. The average molecular weight is 549 g/mol. The first kappa shape index (κ1) is 25.8. The van der Waals surface area contributed by atoms with Crippen LogP contribution in [0.25, 0.3) is 5.69 Å². The van der Waals surface area contributed by atoms with Crippen LogP contribution in [0.5, 0.6) is 17.2 Å². The average Bonchev–Trinajstić information content (AvgIpc) is 2.93. The summed E-state index contributed by atoms with van der Waals surface area (Å²) in [6.07, 6.45) is 4.11. The number of nitrogens with one attached hydrogen (secondary N) is 1. The molecule has 2 aliphatic heterocycles. The van der Waals surface area contributed by atoms with Crippen LogP contribution in [0.15, 0.2) is 58.5 Å². The molecule has 0 radical (unpaired) electrons. The Morgan fingerprint density at radius 2 is 1.92 bits per heavy atom. The zero-order valence-corrected chi connectivity index (χ0v) is 22.5. The third-order valence-corrected chi connectivity index (χ3v) is 8.74. The molecule has 1 amide bonds. The van der Waals surface area contributed by atoms with Crippen LogP contribution < -0.4 is 20.3 Å². The van der Waals surface area contributed by atoms with Crippen LogP contribution in [0.2, 0.25) is 0 Å². The molecule has 2 aromatic carbocycles. The molecule has 1 atom stereocenters. The van der Waals surface area contributed by atoms with Crippen molar-refractivity contribution in [1.82, 2.24) is 19.8 Å². The Morgan fingerprint density at radius 3 is 2.72 bits per heavy atom. The Bertz CT molecular complexity index is 1420. The Kier molecular flexibility index (Phi) is 7.47. The van der Waals surface area contributed by atoms with Gasteiger partial charge < -0.3 is 24.8 Å². The number of benzene rings is 2. The van der Waals surface area contributed by atoms with E-state index in [9.17, 15) is 14.7 Å². The summed E-state index contributed by atoms with van der Waals surface area (Å²) in [7, 11) is 0. The lowest BCUT2D eigenvalue weighted by Gasteiger charge is -2.30. The van der Waals surface area contributed by atoms with E-state index in [0.717, 1.165) is 30.0 Å². The number of aromatic hydroxyl groups is 1. The number of para-hydroxylation sites is 4. The molecule has 10 heteroatoms. The Balaban J connectivity index is 1.11. The second kappa shape index (κ2) is 11.3. The summed E-state index contributed by atoms with van der Waals surface area (Å²) in [5.41, 5.74) is 1.48. The highest BCUT2D eigenvalue weighted by molar-refractivity contribution is 7.99. The molecule has 0 spiro atoms. The van der Waals surface area contributed by atoms with Gasteiger partial charge in [-0.15, -0.1) is 0 Å². The molecular formula is C29H32N4O5S. The predicted octanol–water partition coefficient (Wildman–Crippen LogP) is 3.29. The van der Waals surface area contributed by atoms with Crippen LogP contribution in [0.3, 0.4) is 0 Å². The molecule has 3 heterocycles. The van der Waals surface area contributed by atoms with Gasteiger partial charge in [0.25, 0.3) is 5.56 Å². The number of ether oxygens (including phenoxy) is 2. The second-order valence-electron chi connectivity index (χ2n) is 10.1. The number of phenols is 1. The highest BCUT2D eigenvalue weighted by atomic mass is 32.2.